The first-order valence-electron chi connectivity index (χ1n) is 7.60. The fourth-order valence-corrected chi connectivity index (χ4v) is 2.78. The number of carbonyl (C=O) groups is 1. The fourth-order valence-electron chi connectivity index (χ4n) is 2.26. The molecule has 0 fully saturated rings. The second kappa shape index (κ2) is 8.21. The molecule has 0 saturated heterocycles. The number of rotatable bonds is 7. The summed E-state index contributed by atoms with van der Waals surface area (Å²) in [6.07, 6.45) is 1.01. The number of alkyl halides is 2. The van der Waals surface area contributed by atoms with Crippen molar-refractivity contribution in [3.05, 3.63) is 48.0 Å². The van der Waals surface area contributed by atoms with Gasteiger partial charge in [0.15, 0.2) is 11.5 Å². The number of nitrogens with zero attached hydrogens (tertiary/aromatic N) is 1. The molecular formula is C17H18F2N2O5S. The van der Waals surface area contributed by atoms with Gasteiger partial charge in [-0.1, -0.05) is 12.1 Å². The largest absolute Gasteiger partial charge is 0.493 e. The molecule has 2 aromatic carbocycles. The zero-order valence-electron chi connectivity index (χ0n) is 14.8. The number of carbonyl (C=O) groups excluding carboxylic acids is 1. The van der Waals surface area contributed by atoms with Crippen LogP contribution >= 0.6 is 0 Å². The predicted molar refractivity (Wildman–Crippen MR) is 97.3 cm³/mol. The van der Waals surface area contributed by atoms with Crippen LogP contribution in [0.25, 0.3) is 0 Å². The first-order valence-corrected chi connectivity index (χ1v) is 9.45. The van der Waals surface area contributed by atoms with Gasteiger partial charge in [-0.05, 0) is 24.3 Å². The van der Waals surface area contributed by atoms with Crippen LogP contribution in [0.3, 0.4) is 0 Å². The topological polar surface area (TPSA) is 84.9 Å². The van der Waals surface area contributed by atoms with Gasteiger partial charge in [0.2, 0.25) is 10.0 Å². The maximum Gasteiger partial charge on any atom is 0.387 e. The van der Waals surface area contributed by atoms with Gasteiger partial charge < -0.3 is 14.8 Å². The van der Waals surface area contributed by atoms with E-state index in [-0.39, 0.29) is 28.4 Å². The van der Waals surface area contributed by atoms with Gasteiger partial charge in [-0.25, -0.2) is 8.42 Å². The number of para-hydroxylation sites is 1. The minimum absolute atomic E-state index is 0.0745. The van der Waals surface area contributed by atoms with Crippen LogP contribution in [0, 0.1) is 0 Å². The third-order valence-corrected chi connectivity index (χ3v) is 4.81. The van der Waals surface area contributed by atoms with E-state index >= 15 is 0 Å². The van der Waals surface area contributed by atoms with E-state index in [0.29, 0.717) is 0 Å². The quantitative estimate of drug-likeness (QED) is 0.773. The first kappa shape index (κ1) is 20.4. The molecule has 0 aromatic heterocycles. The maximum atomic E-state index is 12.6. The lowest BCUT2D eigenvalue weighted by molar-refractivity contribution is -0.0511. The number of sulfonamides is 1. The lowest BCUT2D eigenvalue weighted by Gasteiger charge is -2.20. The average Bonchev–Trinajstić information content (AvgIpc) is 2.60. The molecular weight excluding hydrogens is 382 g/mol. The highest BCUT2D eigenvalue weighted by atomic mass is 32.2. The highest BCUT2D eigenvalue weighted by molar-refractivity contribution is 7.92. The van der Waals surface area contributed by atoms with Gasteiger partial charge >= 0.3 is 6.61 Å². The molecule has 7 nitrogen and oxygen atoms in total. The van der Waals surface area contributed by atoms with E-state index in [1.165, 1.54) is 44.5 Å². The van der Waals surface area contributed by atoms with Crippen LogP contribution in [0.15, 0.2) is 42.5 Å². The van der Waals surface area contributed by atoms with Crippen LogP contribution in [0.5, 0.6) is 11.5 Å². The van der Waals surface area contributed by atoms with Crippen molar-refractivity contribution in [1.82, 2.24) is 0 Å². The molecule has 0 spiro atoms. The normalized spacial score (nSPS) is 11.2. The second-order valence-corrected chi connectivity index (χ2v) is 7.46. The van der Waals surface area contributed by atoms with E-state index in [0.717, 1.165) is 10.6 Å². The van der Waals surface area contributed by atoms with Crippen LogP contribution < -0.4 is 19.1 Å². The van der Waals surface area contributed by atoms with Gasteiger partial charge in [-0.15, -0.1) is 0 Å². The molecule has 0 bridgehead atoms. The standard InChI is InChI=1S/C17H18F2N2O5S/c1-21(27(3,23)24)13-7-5-4-6-12(13)16(22)20-11-8-9-14(25-2)15(10-11)26-17(18)19/h4-10,17H,1-3H3,(H,20,22). The molecule has 2 rings (SSSR count). The highest BCUT2D eigenvalue weighted by Crippen LogP contribution is 2.32. The third kappa shape index (κ3) is 5.07. The van der Waals surface area contributed by atoms with E-state index in [1.807, 2.05) is 0 Å². The summed E-state index contributed by atoms with van der Waals surface area (Å²) in [5.41, 5.74) is 0.445. The number of hydrogen-bond acceptors (Lipinski definition) is 5. The van der Waals surface area contributed by atoms with Gasteiger partial charge in [0, 0.05) is 18.8 Å². The molecule has 10 heteroatoms. The van der Waals surface area contributed by atoms with Crippen molar-refractivity contribution in [2.45, 2.75) is 6.61 Å². The average molecular weight is 400 g/mol. The van der Waals surface area contributed by atoms with Crippen molar-refractivity contribution in [3.8, 4) is 11.5 Å². The van der Waals surface area contributed by atoms with E-state index in [9.17, 15) is 22.0 Å². The number of hydrogen-bond donors (Lipinski definition) is 1. The fraction of sp³-hybridized carbons (Fsp3) is 0.235. The van der Waals surface area contributed by atoms with Gasteiger partial charge in [0.05, 0.1) is 24.6 Å². The number of benzene rings is 2. The second-order valence-electron chi connectivity index (χ2n) is 5.45. The molecule has 0 heterocycles. The Bertz CT molecular complexity index is 935. The molecule has 0 saturated carbocycles. The Balaban J connectivity index is 2.33. The van der Waals surface area contributed by atoms with Crippen molar-refractivity contribution in [1.29, 1.82) is 0 Å². The summed E-state index contributed by atoms with van der Waals surface area (Å²) in [6.45, 7) is -3.06. The molecule has 146 valence electrons. The summed E-state index contributed by atoms with van der Waals surface area (Å²) in [6, 6.07) is 10.1. The molecule has 2 aromatic rings. The number of ether oxygens (including phenoxy) is 2. The minimum Gasteiger partial charge on any atom is -0.493 e. The molecule has 0 atom stereocenters. The molecule has 0 radical (unpaired) electrons. The number of nitrogens with one attached hydrogen (secondary N) is 1. The Kier molecular flexibility index (Phi) is 6.21. The van der Waals surface area contributed by atoms with E-state index in [2.05, 4.69) is 10.1 Å². The Morgan fingerprint density at radius 1 is 1.15 bits per heavy atom. The minimum atomic E-state index is -3.58. The molecule has 1 N–H and O–H groups in total. The van der Waals surface area contributed by atoms with Gasteiger partial charge in [0.1, 0.15) is 0 Å². The van der Waals surface area contributed by atoms with E-state index in [1.54, 1.807) is 12.1 Å². The lowest BCUT2D eigenvalue weighted by atomic mass is 10.1. The van der Waals surface area contributed by atoms with Gasteiger partial charge in [-0.2, -0.15) is 8.78 Å². The van der Waals surface area contributed by atoms with E-state index in [4.69, 9.17) is 4.74 Å². The maximum absolute atomic E-state index is 12.6. The summed E-state index contributed by atoms with van der Waals surface area (Å²) in [5.74, 6) is -0.786. The molecule has 27 heavy (non-hydrogen) atoms. The van der Waals surface area contributed by atoms with Gasteiger partial charge in [0.25, 0.3) is 5.91 Å². The zero-order valence-corrected chi connectivity index (χ0v) is 15.6. The summed E-state index contributed by atoms with van der Waals surface area (Å²) in [4.78, 5) is 12.6. The SMILES string of the molecule is COc1ccc(NC(=O)c2ccccc2N(C)S(C)(=O)=O)cc1OC(F)F. The highest BCUT2D eigenvalue weighted by Gasteiger charge is 2.20. The lowest BCUT2D eigenvalue weighted by Crippen LogP contribution is -2.27. The van der Waals surface area contributed by atoms with Crippen molar-refractivity contribution in [2.24, 2.45) is 0 Å². The number of methoxy groups -OCH3 is 1. The van der Waals surface area contributed by atoms with E-state index < -0.39 is 22.5 Å². The summed E-state index contributed by atoms with van der Waals surface area (Å²) in [7, 11) is -0.963. The van der Waals surface area contributed by atoms with Crippen LogP contribution in [0.2, 0.25) is 0 Å². The third-order valence-electron chi connectivity index (χ3n) is 3.62. The number of halogens is 2. The molecule has 0 unspecified atom stereocenters. The number of anilines is 2. The Morgan fingerprint density at radius 2 is 1.81 bits per heavy atom. The molecule has 0 aliphatic heterocycles. The summed E-state index contributed by atoms with van der Waals surface area (Å²) in [5, 5.41) is 2.53. The molecule has 1 amide bonds. The van der Waals surface area contributed by atoms with Crippen LogP contribution in [0.1, 0.15) is 10.4 Å². The summed E-state index contributed by atoms with van der Waals surface area (Å²) < 4.78 is 58.9. The Hall–Kier alpha value is -2.88. The summed E-state index contributed by atoms with van der Waals surface area (Å²) >= 11 is 0. The van der Waals surface area contributed by atoms with Crippen LogP contribution in [0.4, 0.5) is 20.2 Å². The van der Waals surface area contributed by atoms with Crippen molar-refractivity contribution in [3.63, 3.8) is 0 Å². The first-order chi connectivity index (χ1) is 12.6. The Morgan fingerprint density at radius 3 is 2.41 bits per heavy atom. The van der Waals surface area contributed by atoms with Crippen molar-refractivity contribution >= 4 is 27.3 Å². The van der Waals surface area contributed by atoms with Crippen LogP contribution in [-0.2, 0) is 10.0 Å². The van der Waals surface area contributed by atoms with Crippen LogP contribution in [-0.4, -0.2) is 41.3 Å². The number of amides is 1. The van der Waals surface area contributed by atoms with Gasteiger partial charge in [-0.3, -0.25) is 9.10 Å². The Labute approximate surface area is 155 Å². The smallest absolute Gasteiger partial charge is 0.387 e. The monoisotopic (exact) mass is 400 g/mol. The van der Waals surface area contributed by atoms with Crippen molar-refractivity contribution < 1.29 is 31.5 Å². The molecule has 0 aliphatic rings. The molecule has 0 aliphatic carbocycles. The zero-order chi connectivity index (χ0) is 20.2. The van der Waals surface area contributed by atoms with Crippen molar-refractivity contribution in [2.75, 3.05) is 30.0 Å². The predicted octanol–water partition coefficient (Wildman–Crippen LogP) is 2.94.